The van der Waals surface area contributed by atoms with Gasteiger partial charge in [0.15, 0.2) is 0 Å². The Balaban J connectivity index is 2.84. The Hall–Kier alpha value is -2.39. The Morgan fingerprint density at radius 1 is 1.43 bits per heavy atom. The van der Waals surface area contributed by atoms with E-state index in [1.807, 2.05) is 0 Å². The van der Waals surface area contributed by atoms with Crippen molar-refractivity contribution in [3.8, 4) is 11.8 Å². The normalized spacial score (nSPS) is 9.48. The van der Waals surface area contributed by atoms with Crippen molar-refractivity contribution in [1.82, 2.24) is 5.32 Å². The van der Waals surface area contributed by atoms with Crippen molar-refractivity contribution in [3.05, 3.63) is 35.1 Å². The first-order valence-corrected chi connectivity index (χ1v) is 6.41. The van der Waals surface area contributed by atoms with Gasteiger partial charge in [-0.1, -0.05) is 11.8 Å². The maximum absolute atomic E-state index is 13.2. The number of nitrogens with one attached hydrogen (secondary N) is 1. The standard InChI is InChI=1S/C15H16FNO4/c1-2-21-14(19)10-17-15(20)13-7-6-12(16)9-11(13)5-3-4-8-18/h6-7,9,18H,2,4,8,10H2,1H3,(H,17,20). The van der Waals surface area contributed by atoms with Crippen molar-refractivity contribution in [2.45, 2.75) is 13.3 Å². The Morgan fingerprint density at radius 2 is 2.19 bits per heavy atom. The number of rotatable bonds is 5. The molecule has 6 heteroatoms. The van der Waals surface area contributed by atoms with E-state index in [1.54, 1.807) is 6.92 Å². The third-order valence-electron chi connectivity index (χ3n) is 2.38. The zero-order valence-corrected chi connectivity index (χ0v) is 11.6. The largest absolute Gasteiger partial charge is 0.465 e. The van der Waals surface area contributed by atoms with Gasteiger partial charge in [0.1, 0.15) is 12.4 Å². The lowest BCUT2D eigenvalue weighted by Gasteiger charge is -2.07. The Morgan fingerprint density at radius 3 is 2.86 bits per heavy atom. The first kappa shape index (κ1) is 16.7. The fourth-order valence-corrected chi connectivity index (χ4v) is 1.49. The number of ether oxygens (including phenoxy) is 1. The van der Waals surface area contributed by atoms with E-state index in [0.29, 0.717) is 0 Å². The zero-order chi connectivity index (χ0) is 15.7. The van der Waals surface area contributed by atoms with Crippen LogP contribution < -0.4 is 5.32 Å². The fourth-order valence-electron chi connectivity index (χ4n) is 1.49. The van der Waals surface area contributed by atoms with Gasteiger partial charge in [-0.25, -0.2) is 4.39 Å². The summed E-state index contributed by atoms with van der Waals surface area (Å²) < 4.78 is 17.9. The Labute approximate surface area is 122 Å². The highest BCUT2D eigenvalue weighted by atomic mass is 19.1. The maximum atomic E-state index is 13.2. The number of aliphatic hydroxyl groups is 1. The summed E-state index contributed by atoms with van der Waals surface area (Å²) in [6.07, 6.45) is 0.223. The van der Waals surface area contributed by atoms with Crippen molar-refractivity contribution >= 4 is 11.9 Å². The van der Waals surface area contributed by atoms with Gasteiger partial charge in [-0.15, -0.1) is 0 Å². The molecule has 5 nitrogen and oxygen atoms in total. The molecule has 0 fully saturated rings. The molecule has 0 aliphatic carbocycles. The molecule has 0 aliphatic heterocycles. The molecule has 0 bridgehead atoms. The Bertz CT molecular complexity index is 575. The molecular weight excluding hydrogens is 277 g/mol. The topological polar surface area (TPSA) is 75.6 Å². The monoisotopic (exact) mass is 293 g/mol. The van der Waals surface area contributed by atoms with Gasteiger partial charge in [0.2, 0.25) is 0 Å². The highest BCUT2D eigenvalue weighted by molar-refractivity contribution is 5.98. The molecule has 2 N–H and O–H groups in total. The van der Waals surface area contributed by atoms with Crippen molar-refractivity contribution < 1.29 is 23.8 Å². The molecule has 0 aromatic heterocycles. The summed E-state index contributed by atoms with van der Waals surface area (Å²) >= 11 is 0. The van der Waals surface area contributed by atoms with E-state index in [4.69, 9.17) is 5.11 Å². The fraction of sp³-hybridized carbons (Fsp3) is 0.333. The van der Waals surface area contributed by atoms with Gasteiger partial charge >= 0.3 is 5.97 Å². The van der Waals surface area contributed by atoms with Crippen LogP contribution in [0.4, 0.5) is 4.39 Å². The second-order valence-corrected chi connectivity index (χ2v) is 3.95. The van der Waals surface area contributed by atoms with Crippen LogP contribution in [0.15, 0.2) is 18.2 Å². The zero-order valence-electron chi connectivity index (χ0n) is 11.6. The maximum Gasteiger partial charge on any atom is 0.325 e. The SMILES string of the molecule is CCOC(=O)CNC(=O)c1ccc(F)cc1C#CCCO. The average molecular weight is 293 g/mol. The average Bonchev–Trinajstić information content (AvgIpc) is 2.45. The predicted octanol–water partition coefficient (Wildman–Crippen LogP) is 0.852. The van der Waals surface area contributed by atoms with E-state index >= 15 is 0 Å². The van der Waals surface area contributed by atoms with Gasteiger partial charge in [0.25, 0.3) is 5.91 Å². The summed E-state index contributed by atoms with van der Waals surface area (Å²) in [5.41, 5.74) is 0.357. The van der Waals surface area contributed by atoms with Crippen molar-refractivity contribution in [3.63, 3.8) is 0 Å². The lowest BCUT2D eigenvalue weighted by Crippen LogP contribution is -2.31. The van der Waals surface area contributed by atoms with Crippen LogP contribution in [0.3, 0.4) is 0 Å². The Kier molecular flexibility index (Phi) is 6.92. The van der Waals surface area contributed by atoms with Crippen LogP contribution in [0, 0.1) is 17.7 Å². The van der Waals surface area contributed by atoms with Gasteiger partial charge < -0.3 is 15.2 Å². The van der Waals surface area contributed by atoms with E-state index in [-0.39, 0.29) is 37.3 Å². The van der Waals surface area contributed by atoms with Crippen molar-refractivity contribution in [2.75, 3.05) is 19.8 Å². The minimum absolute atomic E-state index is 0.118. The summed E-state index contributed by atoms with van der Waals surface area (Å²) in [6, 6.07) is 3.55. The van der Waals surface area contributed by atoms with Crippen LogP contribution in [0.25, 0.3) is 0 Å². The molecule has 21 heavy (non-hydrogen) atoms. The van der Waals surface area contributed by atoms with Crippen molar-refractivity contribution in [1.29, 1.82) is 0 Å². The molecule has 1 amide bonds. The summed E-state index contributed by atoms with van der Waals surface area (Å²) in [4.78, 5) is 23.1. The molecule has 0 aliphatic rings. The van der Waals surface area contributed by atoms with Gasteiger partial charge in [-0.05, 0) is 25.1 Å². The third-order valence-corrected chi connectivity index (χ3v) is 2.38. The van der Waals surface area contributed by atoms with E-state index in [2.05, 4.69) is 21.9 Å². The molecule has 0 saturated heterocycles. The van der Waals surface area contributed by atoms with E-state index in [9.17, 15) is 14.0 Å². The number of carbonyl (C=O) groups is 2. The summed E-state index contributed by atoms with van der Waals surface area (Å²) in [5.74, 6) is 3.62. The highest BCUT2D eigenvalue weighted by Crippen LogP contribution is 2.10. The molecule has 0 heterocycles. The molecule has 1 aromatic rings. The summed E-state index contributed by atoms with van der Waals surface area (Å²) in [7, 11) is 0. The minimum atomic E-state index is -0.555. The molecule has 1 rings (SSSR count). The quantitative estimate of drug-likeness (QED) is 0.623. The lowest BCUT2D eigenvalue weighted by atomic mass is 10.1. The molecule has 112 valence electrons. The highest BCUT2D eigenvalue weighted by Gasteiger charge is 2.12. The van der Waals surface area contributed by atoms with Crippen LogP contribution in [-0.2, 0) is 9.53 Å². The van der Waals surface area contributed by atoms with E-state index < -0.39 is 17.7 Å². The van der Waals surface area contributed by atoms with Gasteiger partial charge in [0.05, 0.1) is 18.8 Å². The minimum Gasteiger partial charge on any atom is -0.465 e. The number of halogens is 1. The molecule has 0 unspecified atom stereocenters. The van der Waals surface area contributed by atoms with E-state index in [0.717, 1.165) is 12.1 Å². The predicted molar refractivity (Wildman–Crippen MR) is 73.9 cm³/mol. The molecule has 1 aromatic carbocycles. The van der Waals surface area contributed by atoms with Crippen LogP contribution >= 0.6 is 0 Å². The van der Waals surface area contributed by atoms with Gasteiger partial charge in [0, 0.05) is 12.0 Å². The molecule has 0 saturated carbocycles. The number of esters is 1. The third kappa shape index (κ3) is 5.63. The molecule has 0 spiro atoms. The first-order chi connectivity index (χ1) is 10.1. The molecular formula is C15H16FNO4. The first-order valence-electron chi connectivity index (χ1n) is 6.41. The number of benzene rings is 1. The molecule has 0 atom stereocenters. The van der Waals surface area contributed by atoms with Crippen LogP contribution in [0.1, 0.15) is 29.3 Å². The number of hydrogen-bond donors (Lipinski definition) is 2. The van der Waals surface area contributed by atoms with E-state index in [1.165, 1.54) is 6.07 Å². The number of amides is 1. The molecule has 0 radical (unpaired) electrons. The van der Waals surface area contributed by atoms with Gasteiger partial charge in [-0.3, -0.25) is 9.59 Å². The van der Waals surface area contributed by atoms with Crippen LogP contribution in [0.2, 0.25) is 0 Å². The number of carbonyl (C=O) groups excluding carboxylic acids is 2. The van der Waals surface area contributed by atoms with Crippen LogP contribution in [-0.4, -0.2) is 36.7 Å². The van der Waals surface area contributed by atoms with Crippen molar-refractivity contribution in [2.24, 2.45) is 0 Å². The number of hydrogen-bond acceptors (Lipinski definition) is 4. The second kappa shape index (κ2) is 8.72. The lowest BCUT2D eigenvalue weighted by molar-refractivity contribution is -0.141. The van der Waals surface area contributed by atoms with Gasteiger partial charge in [-0.2, -0.15) is 0 Å². The second-order valence-electron chi connectivity index (χ2n) is 3.95. The summed E-state index contributed by atoms with van der Waals surface area (Å²) in [6.45, 7) is 1.50. The number of aliphatic hydroxyl groups excluding tert-OH is 1. The summed E-state index contributed by atoms with van der Waals surface area (Å²) in [5, 5.41) is 11.0. The van der Waals surface area contributed by atoms with Crippen LogP contribution in [0.5, 0.6) is 0 Å². The smallest absolute Gasteiger partial charge is 0.325 e.